The predicted molar refractivity (Wildman–Crippen MR) is 79.6 cm³/mol. The molecule has 2 aromatic carbocycles. The molecule has 0 heterocycles. The van der Waals surface area contributed by atoms with Gasteiger partial charge in [0.05, 0.1) is 5.02 Å². The fraction of sp³-hybridized carbons (Fsp3) is 0.250. The zero-order valence-electron chi connectivity index (χ0n) is 11.8. The second-order valence-corrected chi connectivity index (χ2v) is 5.09. The summed E-state index contributed by atoms with van der Waals surface area (Å²) < 4.78 is 33.0. The van der Waals surface area contributed by atoms with Gasteiger partial charge in [0, 0.05) is 23.2 Å². The predicted octanol–water partition coefficient (Wildman–Crippen LogP) is 4.48. The molecule has 0 fully saturated rings. The van der Waals surface area contributed by atoms with E-state index in [0.29, 0.717) is 11.3 Å². The van der Waals surface area contributed by atoms with E-state index in [4.69, 9.17) is 16.3 Å². The molecule has 2 rings (SSSR count). The standard InChI is InChI=1S/C16H16ClF2NO/c1-10(20-2)12-7-6-11(8-16(12)19)21-9-13-14(17)4-3-5-15(13)18/h3-8,10,20H,9H2,1-2H3. The molecule has 2 nitrogen and oxygen atoms in total. The van der Waals surface area contributed by atoms with E-state index in [0.717, 1.165) is 0 Å². The van der Waals surface area contributed by atoms with Crippen LogP contribution < -0.4 is 10.1 Å². The van der Waals surface area contributed by atoms with Crippen molar-refractivity contribution in [3.63, 3.8) is 0 Å². The first-order valence-electron chi connectivity index (χ1n) is 6.55. The molecule has 1 unspecified atom stereocenters. The average molecular weight is 312 g/mol. The van der Waals surface area contributed by atoms with Gasteiger partial charge in [0.2, 0.25) is 0 Å². The third kappa shape index (κ3) is 3.71. The largest absolute Gasteiger partial charge is 0.489 e. The highest BCUT2D eigenvalue weighted by Crippen LogP contribution is 2.24. The normalized spacial score (nSPS) is 12.2. The minimum absolute atomic E-state index is 0.0497. The van der Waals surface area contributed by atoms with E-state index in [2.05, 4.69) is 5.32 Å². The Kier molecular flexibility index (Phi) is 5.15. The van der Waals surface area contributed by atoms with Crippen molar-refractivity contribution in [1.29, 1.82) is 0 Å². The van der Waals surface area contributed by atoms with Crippen LogP contribution in [0, 0.1) is 11.6 Å². The molecule has 0 spiro atoms. The topological polar surface area (TPSA) is 21.3 Å². The van der Waals surface area contributed by atoms with Crippen LogP contribution in [0.4, 0.5) is 8.78 Å². The molecule has 0 aliphatic rings. The number of halogens is 3. The zero-order valence-corrected chi connectivity index (χ0v) is 12.5. The van der Waals surface area contributed by atoms with E-state index in [1.54, 1.807) is 25.2 Å². The maximum atomic E-state index is 14.0. The van der Waals surface area contributed by atoms with Gasteiger partial charge in [-0.3, -0.25) is 0 Å². The van der Waals surface area contributed by atoms with Crippen molar-refractivity contribution in [2.45, 2.75) is 19.6 Å². The first-order valence-corrected chi connectivity index (χ1v) is 6.93. The molecule has 1 N–H and O–H groups in total. The van der Waals surface area contributed by atoms with Gasteiger partial charge in [-0.05, 0) is 32.2 Å². The Balaban J connectivity index is 2.12. The van der Waals surface area contributed by atoms with Crippen LogP contribution in [0.1, 0.15) is 24.1 Å². The Bertz CT molecular complexity index is 613. The zero-order chi connectivity index (χ0) is 15.4. The number of nitrogens with one attached hydrogen (secondary N) is 1. The van der Waals surface area contributed by atoms with Gasteiger partial charge in [-0.2, -0.15) is 0 Å². The van der Waals surface area contributed by atoms with Crippen LogP contribution in [-0.4, -0.2) is 7.05 Å². The molecule has 0 amide bonds. The molecule has 0 aliphatic carbocycles. The smallest absolute Gasteiger partial charge is 0.131 e. The van der Waals surface area contributed by atoms with Crippen LogP contribution in [0.25, 0.3) is 0 Å². The van der Waals surface area contributed by atoms with Gasteiger partial charge in [0.15, 0.2) is 0 Å². The van der Waals surface area contributed by atoms with Crippen molar-refractivity contribution in [1.82, 2.24) is 5.32 Å². The van der Waals surface area contributed by atoms with E-state index in [1.807, 2.05) is 6.92 Å². The maximum absolute atomic E-state index is 14.0. The number of benzene rings is 2. The van der Waals surface area contributed by atoms with Crippen molar-refractivity contribution in [2.75, 3.05) is 7.05 Å². The number of hydrogen-bond acceptors (Lipinski definition) is 2. The molecular formula is C16H16ClF2NO. The molecule has 0 saturated heterocycles. The summed E-state index contributed by atoms with van der Waals surface area (Å²) >= 11 is 5.91. The van der Waals surface area contributed by atoms with Gasteiger partial charge in [-0.15, -0.1) is 0 Å². The first kappa shape index (κ1) is 15.7. The summed E-state index contributed by atoms with van der Waals surface area (Å²) in [5.41, 5.74) is 0.806. The SMILES string of the molecule is CNC(C)c1ccc(OCc2c(F)cccc2Cl)cc1F. The number of rotatable bonds is 5. The second kappa shape index (κ2) is 6.87. The van der Waals surface area contributed by atoms with Gasteiger partial charge in [-0.1, -0.05) is 23.7 Å². The molecule has 2 aromatic rings. The minimum Gasteiger partial charge on any atom is -0.489 e. The fourth-order valence-electron chi connectivity index (χ4n) is 1.93. The summed E-state index contributed by atoms with van der Waals surface area (Å²) in [6, 6.07) is 8.91. The summed E-state index contributed by atoms with van der Waals surface area (Å²) in [4.78, 5) is 0. The second-order valence-electron chi connectivity index (χ2n) is 4.68. The molecule has 5 heteroatoms. The monoisotopic (exact) mass is 311 g/mol. The highest BCUT2D eigenvalue weighted by atomic mass is 35.5. The van der Waals surface area contributed by atoms with Gasteiger partial charge >= 0.3 is 0 Å². The van der Waals surface area contributed by atoms with Crippen LogP contribution in [0.2, 0.25) is 5.02 Å². The quantitative estimate of drug-likeness (QED) is 0.879. The first-order chi connectivity index (χ1) is 10.0. The molecule has 0 radical (unpaired) electrons. The summed E-state index contributed by atoms with van der Waals surface area (Å²) in [5, 5.41) is 3.25. The molecule has 21 heavy (non-hydrogen) atoms. The lowest BCUT2D eigenvalue weighted by Gasteiger charge is -2.13. The van der Waals surface area contributed by atoms with Gasteiger partial charge in [0.25, 0.3) is 0 Å². The molecule has 0 saturated carbocycles. The van der Waals surface area contributed by atoms with Crippen molar-refractivity contribution >= 4 is 11.6 Å². The van der Waals surface area contributed by atoms with Gasteiger partial charge in [-0.25, -0.2) is 8.78 Å². The number of hydrogen-bond donors (Lipinski definition) is 1. The molecule has 1 atom stereocenters. The van der Waals surface area contributed by atoms with Crippen molar-refractivity contribution in [3.05, 3.63) is 64.2 Å². The molecule has 0 aliphatic heterocycles. The van der Waals surface area contributed by atoms with Crippen molar-refractivity contribution in [2.24, 2.45) is 0 Å². The summed E-state index contributed by atoms with van der Waals surface area (Å²) in [6.07, 6.45) is 0. The Hall–Kier alpha value is -1.65. The lowest BCUT2D eigenvalue weighted by Crippen LogP contribution is -2.13. The van der Waals surface area contributed by atoms with E-state index in [-0.39, 0.29) is 29.1 Å². The van der Waals surface area contributed by atoms with E-state index in [1.165, 1.54) is 18.2 Å². The highest BCUT2D eigenvalue weighted by Gasteiger charge is 2.11. The minimum atomic E-state index is -0.441. The lowest BCUT2D eigenvalue weighted by atomic mass is 10.1. The Morgan fingerprint density at radius 2 is 1.95 bits per heavy atom. The van der Waals surface area contributed by atoms with E-state index >= 15 is 0 Å². The number of ether oxygens (including phenoxy) is 1. The lowest BCUT2D eigenvalue weighted by molar-refractivity contribution is 0.298. The fourth-order valence-corrected chi connectivity index (χ4v) is 2.15. The molecule has 0 aromatic heterocycles. The maximum Gasteiger partial charge on any atom is 0.131 e. The van der Waals surface area contributed by atoms with Crippen molar-refractivity contribution in [3.8, 4) is 5.75 Å². The highest BCUT2D eigenvalue weighted by molar-refractivity contribution is 6.31. The van der Waals surface area contributed by atoms with Crippen LogP contribution in [0.3, 0.4) is 0 Å². The summed E-state index contributed by atoms with van der Waals surface area (Å²) in [6.45, 7) is 1.81. The molecule has 112 valence electrons. The van der Waals surface area contributed by atoms with Crippen LogP contribution in [-0.2, 0) is 6.61 Å². The Morgan fingerprint density at radius 1 is 1.19 bits per heavy atom. The Labute approximate surface area is 127 Å². The van der Waals surface area contributed by atoms with Gasteiger partial charge < -0.3 is 10.1 Å². The Morgan fingerprint density at radius 3 is 2.57 bits per heavy atom. The van der Waals surface area contributed by atoms with Crippen LogP contribution in [0.5, 0.6) is 5.75 Å². The third-order valence-corrected chi connectivity index (χ3v) is 3.67. The van der Waals surface area contributed by atoms with Crippen LogP contribution >= 0.6 is 11.6 Å². The van der Waals surface area contributed by atoms with Crippen molar-refractivity contribution < 1.29 is 13.5 Å². The average Bonchev–Trinajstić information content (AvgIpc) is 2.46. The van der Waals surface area contributed by atoms with Gasteiger partial charge in [0.1, 0.15) is 24.0 Å². The summed E-state index contributed by atoms with van der Waals surface area (Å²) in [5.74, 6) is -0.476. The van der Waals surface area contributed by atoms with Crippen LogP contribution in [0.15, 0.2) is 36.4 Å². The molecule has 0 bridgehead atoms. The van der Waals surface area contributed by atoms with E-state index in [9.17, 15) is 8.78 Å². The summed E-state index contributed by atoms with van der Waals surface area (Å²) in [7, 11) is 1.76. The third-order valence-electron chi connectivity index (χ3n) is 3.32. The van der Waals surface area contributed by atoms with E-state index < -0.39 is 5.82 Å². The molecular weight excluding hydrogens is 296 g/mol.